The first-order valence-electron chi connectivity index (χ1n) is 10.9. The molecule has 33 heavy (non-hydrogen) atoms. The normalized spacial score (nSPS) is 16.7. The van der Waals surface area contributed by atoms with Crippen molar-refractivity contribution in [3.8, 4) is 0 Å². The van der Waals surface area contributed by atoms with Crippen LogP contribution in [0.25, 0.3) is 0 Å². The van der Waals surface area contributed by atoms with E-state index >= 15 is 0 Å². The summed E-state index contributed by atoms with van der Waals surface area (Å²) < 4.78 is 33.3. The molecule has 3 rings (SSSR count). The number of hydrogen-bond donors (Lipinski definition) is 0. The molecule has 0 spiro atoms. The lowest BCUT2D eigenvalue weighted by molar-refractivity contribution is -0.139. The lowest BCUT2D eigenvalue weighted by Crippen LogP contribution is -2.38. The summed E-state index contributed by atoms with van der Waals surface area (Å²) in [5.41, 5.74) is 2.65. The second-order valence-electron chi connectivity index (χ2n) is 9.21. The molecule has 0 aromatic heterocycles. The van der Waals surface area contributed by atoms with Gasteiger partial charge in [-0.15, -0.1) is 0 Å². The van der Waals surface area contributed by atoms with E-state index in [0.29, 0.717) is 11.3 Å². The Hall–Kier alpha value is -3.28. The summed E-state index contributed by atoms with van der Waals surface area (Å²) in [4.78, 5) is 27.4. The maximum Gasteiger partial charge on any atom is 0.336 e. The highest BCUT2D eigenvalue weighted by atomic mass is 19.2. The van der Waals surface area contributed by atoms with Crippen molar-refractivity contribution in [2.45, 2.75) is 52.0 Å². The Kier molecular flexibility index (Phi) is 7.15. The number of hydrogen-bond acceptors (Lipinski definition) is 3. The van der Waals surface area contributed by atoms with Crippen molar-refractivity contribution in [2.24, 2.45) is 0 Å². The van der Waals surface area contributed by atoms with Gasteiger partial charge in [-0.25, -0.2) is 13.6 Å². The van der Waals surface area contributed by atoms with E-state index in [1.807, 2.05) is 24.3 Å². The molecule has 0 fully saturated rings. The molecule has 0 aliphatic carbocycles. The Bertz CT molecular complexity index is 1100. The molecular weight excluding hydrogens is 424 g/mol. The number of ether oxygens (including phenoxy) is 1. The zero-order valence-electron chi connectivity index (χ0n) is 19.5. The molecule has 1 heterocycles. The Balaban J connectivity index is 2.04. The number of rotatable bonds is 6. The average molecular weight is 454 g/mol. The van der Waals surface area contributed by atoms with Gasteiger partial charge in [-0.1, -0.05) is 69.8 Å². The fraction of sp³-hybridized carbons (Fsp3) is 0.333. The lowest BCUT2D eigenvalue weighted by Gasteiger charge is -2.34. The third kappa shape index (κ3) is 5.21. The van der Waals surface area contributed by atoms with Gasteiger partial charge in [-0.3, -0.25) is 4.79 Å². The molecule has 1 unspecified atom stereocenters. The number of carbonyl (C=O) groups excluding carboxylic acids is 2. The molecule has 0 N–H and O–H groups in total. The van der Waals surface area contributed by atoms with Crippen LogP contribution in [0, 0.1) is 11.6 Å². The molecule has 0 saturated heterocycles. The summed E-state index contributed by atoms with van der Waals surface area (Å²) in [6, 6.07) is 11.7. The monoisotopic (exact) mass is 453 g/mol. The molecule has 6 heteroatoms. The predicted molar refractivity (Wildman–Crippen MR) is 123 cm³/mol. The highest BCUT2D eigenvalue weighted by Gasteiger charge is 2.37. The van der Waals surface area contributed by atoms with Crippen molar-refractivity contribution in [1.29, 1.82) is 0 Å². The summed E-state index contributed by atoms with van der Waals surface area (Å²) in [5, 5.41) is 0. The van der Waals surface area contributed by atoms with E-state index in [4.69, 9.17) is 4.74 Å². The van der Waals surface area contributed by atoms with Crippen LogP contribution in [0.3, 0.4) is 0 Å². The molecule has 0 radical (unpaired) electrons. The van der Waals surface area contributed by atoms with E-state index in [-0.39, 0.29) is 36.5 Å². The van der Waals surface area contributed by atoms with Crippen LogP contribution in [0.4, 0.5) is 8.78 Å². The van der Waals surface area contributed by atoms with Crippen LogP contribution >= 0.6 is 0 Å². The van der Waals surface area contributed by atoms with E-state index in [9.17, 15) is 18.4 Å². The van der Waals surface area contributed by atoms with E-state index in [1.165, 1.54) is 23.1 Å². The SMILES string of the molecule is C=CCOC(=O)C1=C(C)N(Cc2cccc(F)c2F)C(=O)CC1c1ccc(C(C)(C)C)cc1. The van der Waals surface area contributed by atoms with Crippen molar-refractivity contribution >= 4 is 11.9 Å². The largest absolute Gasteiger partial charge is 0.458 e. The number of halogens is 2. The highest BCUT2D eigenvalue weighted by molar-refractivity contribution is 5.95. The van der Waals surface area contributed by atoms with Gasteiger partial charge in [0.2, 0.25) is 5.91 Å². The molecule has 1 atom stereocenters. The molecule has 2 aromatic rings. The second-order valence-corrected chi connectivity index (χ2v) is 9.21. The number of amides is 1. The number of nitrogens with zero attached hydrogens (tertiary/aromatic N) is 1. The van der Waals surface area contributed by atoms with Gasteiger partial charge in [0.05, 0.1) is 12.1 Å². The van der Waals surface area contributed by atoms with Gasteiger partial charge in [0.25, 0.3) is 0 Å². The molecule has 0 bridgehead atoms. The zero-order valence-corrected chi connectivity index (χ0v) is 19.5. The summed E-state index contributed by atoms with van der Waals surface area (Å²) in [7, 11) is 0. The minimum Gasteiger partial charge on any atom is -0.458 e. The smallest absolute Gasteiger partial charge is 0.336 e. The first-order chi connectivity index (χ1) is 15.5. The molecule has 174 valence electrons. The minimum absolute atomic E-state index is 0.0155. The van der Waals surface area contributed by atoms with Crippen molar-refractivity contribution < 1.29 is 23.1 Å². The third-order valence-corrected chi connectivity index (χ3v) is 5.91. The van der Waals surface area contributed by atoms with Crippen LogP contribution in [-0.4, -0.2) is 23.4 Å². The summed E-state index contributed by atoms with van der Waals surface area (Å²) in [6.45, 7) is 11.4. The molecular formula is C27H29F2NO3. The number of esters is 1. The number of benzene rings is 2. The predicted octanol–water partition coefficient (Wildman–Crippen LogP) is 5.78. The minimum atomic E-state index is -1.01. The van der Waals surface area contributed by atoms with Crippen LogP contribution in [0.2, 0.25) is 0 Å². The Morgan fingerprint density at radius 2 is 1.85 bits per heavy atom. The van der Waals surface area contributed by atoms with Crippen LogP contribution < -0.4 is 0 Å². The first kappa shape index (κ1) is 24.4. The molecule has 1 amide bonds. The Labute approximate surface area is 193 Å². The van der Waals surface area contributed by atoms with Gasteiger partial charge >= 0.3 is 5.97 Å². The third-order valence-electron chi connectivity index (χ3n) is 5.91. The summed E-state index contributed by atoms with van der Waals surface area (Å²) in [6.07, 6.45) is 1.48. The van der Waals surface area contributed by atoms with Gasteiger partial charge < -0.3 is 9.64 Å². The van der Waals surface area contributed by atoms with Gasteiger partial charge in [0, 0.05) is 23.6 Å². The van der Waals surface area contributed by atoms with Gasteiger partial charge in [0.1, 0.15) is 6.61 Å². The number of carbonyl (C=O) groups is 2. The maximum absolute atomic E-state index is 14.3. The van der Waals surface area contributed by atoms with Crippen LogP contribution in [-0.2, 0) is 26.3 Å². The van der Waals surface area contributed by atoms with Gasteiger partial charge in [-0.05, 0) is 29.5 Å². The van der Waals surface area contributed by atoms with E-state index < -0.39 is 23.5 Å². The zero-order chi connectivity index (χ0) is 24.3. The average Bonchev–Trinajstić information content (AvgIpc) is 2.76. The Morgan fingerprint density at radius 1 is 1.18 bits per heavy atom. The van der Waals surface area contributed by atoms with Crippen LogP contribution in [0.15, 0.2) is 66.4 Å². The number of allylic oxidation sites excluding steroid dienone is 1. The maximum atomic E-state index is 14.3. The van der Waals surface area contributed by atoms with Crippen LogP contribution in [0.1, 0.15) is 56.7 Å². The van der Waals surface area contributed by atoms with Crippen LogP contribution in [0.5, 0.6) is 0 Å². The topological polar surface area (TPSA) is 46.6 Å². The van der Waals surface area contributed by atoms with Gasteiger partial charge in [0.15, 0.2) is 11.6 Å². The molecule has 1 aliphatic rings. The quantitative estimate of drug-likeness (QED) is 0.411. The Morgan fingerprint density at radius 3 is 2.45 bits per heavy atom. The second kappa shape index (κ2) is 9.69. The standard InChI is InChI=1S/C27H29F2NO3/c1-6-14-33-26(32)24-17(2)30(16-19-8-7-9-22(28)25(19)29)23(31)15-21(24)18-10-12-20(13-11-18)27(3,4)5/h6-13,21H,1,14-16H2,2-5H3. The molecule has 4 nitrogen and oxygen atoms in total. The van der Waals surface area contributed by atoms with Crippen molar-refractivity contribution in [3.05, 3.63) is 94.7 Å². The molecule has 2 aromatic carbocycles. The highest BCUT2D eigenvalue weighted by Crippen LogP contribution is 2.38. The lowest BCUT2D eigenvalue weighted by atomic mass is 9.81. The molecule has 1 aliphatic heterocycles. The first-order valence-corrected chi connectivity index (χ1v) is 10.9. The summed E-state index contributed by atoms with van der Waals surface area (Å²) in [5.74, 6) is -3.33. The van der Waals surface area contributed by atoms with E-state index in [1.54, 1.807) is 6.92 Å². The van der Waals surface area contributed by atoms with Crippen molar-refractivity contribution in [2.75, 3.05) is 6.61 Å². The van der Waals surface area contributed by atoms with Gasteiger partial charge in [-0.2, -0.15) is 0 Å². The van der Waals surface area contributed by atoms with E-state index in [2.05, 4.69) is 27.4 Å². The van der Waals surface area contributed by atoms with Crippen molar-refractivity contribution in [3.63, 3.8) is 0 Å². The summed E-state index contributed by atoms with van der Waals surface area (Å²) >= 11 is 0. The fourth-order valence-electron chi connectivity index (χ4n) is 4.02. The fourth-order valence-corrected chi connectivity index (χ4v) is 4.02. The molecule has 0 saturated carbocycles. The van der Waals surface area contributed by atoms with Crippen molar-refractivity contribution in [1.82, 2.24) is 4.90 Å². The van der Waals surface area contributed by atoms with E-state index in [0.717, 1.165) is 17.2 Å².